The molecular formula is C19H21FN4O5S2. The zero-order chi connectivity index (χ0) is 22.6. The molecule has 12 heteroatoms. The second kappa shape index (κ2) is 9.52. The third-order valence-corrected chi connectivity index (χ3v) is 7.37. The van der Waals surface area contributed by atoms with Crippen LogP contribution in [0.15, 0.2) is 40.5 Å². The van der Waals surface area contributed by atoms with E-state index in [0.29, 0.717) is 29.7 Å². The van der Waals surface area contributed by atoms with Gasteiger partial charge >= 0.3 is 0 Å². The van der Waals surface area contributed by atoms with E-state index in [1.54, 1.807) is 14.1 Å². The highest BCUT2D eigenvalue weighted by Crippen LogP contribution is 2.33. The Bertz CT molecular complexity index is 1090. The number of carbonyl (C=O) groups excluding carboxylic acids is 2. The molecule has 9 nitrogen and oxygen atoms in total. The third kappa shape index (κ3) is 5.85. The first kappa shape index (κ1) is 22.8. The van der Waals surface area contributed by atoms with Crippen molar-refractivity contribution in [1.29, 1.82) is 0 Å². The lowest BCUT2D eigenvalue weighted by molar-refractivity contribution is -0.129. The summed E-state index contributed by atoms with van der Waals surface area (Å²) in [6, 6.07) is 5.71. The van der Waals surface area contributed by atoms with Crippen LogP contribution in [0.4, 0.5) is 9.52 Å². The quantitative estimate of drug-likeness (QED) is 0.342. The molecule has 3 rings (SSSR count). The summed E-state index contributed by atoms with van der Waals surface area (Å²) in [5, 5.41) is 5.37. The Balaban J connectivity index is 1.79. The molecule has 1 aliphatic rings. The minimum Gasteiger partial charge on any atom is -0.395 e. The fourth-order valence-corrected chi connectivity index (χ4v) is 4.73. The van der Waals surface area contributed by atoms with Gasteiger partial charge in [-0.05, 0) is 25.0 Å². The van der Waals surface area contributed by atoms with Crippen molar-refractivity contribution in [2.24, 2.45) is 5.16 Å². The molecule has 1 aliphatic carbocycles. The summed E-state index contributed by atoms with van der Waals surface area (Å²) >= 11 is 0.645. The van der Waals surface area contributed by atoms with Gasteiger partial charge in [-0.2, -0.15) is 4.39 Å². The van der Waals surface area contributed by atoms with Gasteiger partial charge < -0.3 is 9.74 Å². The molecule has 2 aromatic rings. The monoisotopic (exact) mass is 468 g/mol. The molecule has 0 saturated heterocycles. The Morgan fingerprint density at radius 3 is 2.52 bits per heavy atom. The fraction of sp³-hybridized carbons (Fsp3) is 0.368. The molecule has 0 unspecified atom stereocenters. The van der Waals surface area contributed by atoms with E-state index in [1.807, 2.05) is 0 Å². The molecule has 166 valence electrons. The van der Waals surface area contributed by atoms with Crippen molar-refractivity contribution in [3.05, 3.63) is 41.2 Å². The third-order valence-electron chi connectivity index (χ3n) is 4.39. The smallest absolute Gasteiger partial charge is 0.280 e. The van der Waals surface area contributed by atoms with Gasteiger partial charge in [-0.3, -0.25) is 14.9 Å². The number of hydrogen-bond donors (Lipinski definition) is 1. The average Bonchev–Trinajstić information content (AvgIpc) is 3.51. The summed E-state index contributed by atoms with van der Waals surface area (Å²) in [4.78, 5) is 34.8. The second-order valence-electron chi connectivity index (χ2n) is 7.00. The number of amides is 2. The van der Waals surface area contributed by atoms with Crippen LogP contribution in [0.1, 0.15) is 24.8 Å². The number of nitrogens with one attached hydrogen (secondary N) is 1. The molecule has 1 aromatic heterocycles. The number of thiazole rings is 1. The number of rotatable bonds is 9. The molecular weight excluding hydrogens is 447 g/mol. The number of anilines is 1. The summed E-state index contributed by atoms with van der Waals surface area (Å²) in [5.74, 6) is -0.889. The summed E-state index contributed by atoms with van der Waals surface area (Å²) in [6.07, 6.45) is 2.31. The molecule has 0 atom stereocenters. The normalized spacial score (nSPS) is 14.2. The van der Waals surface area contributed by atoms with Crippen LogP contribution in [-0.2, 0) is 24.3 Å². The van der Waals surface area contributed by atoms with Gasteiger partial charge in [-0.25, -0.2) is 13.4 Å². The van der Waals surface area contributed by atoms with Gasteiger partial charge in [0, 0.05) is 19.7 Å². The van der Waals surface area contributed by atoms with Gasteiger partial charge in [0.25, 0.3) is 5.91 Å². The molecule has 2 amide bonds. The Kier molecular flexibility index (Phi) is 7.01. The first-order chi connectivity index (χ1) is 14.7. The maximum absolute atomic E-state index is 13.2. The number of oxime groups is 1. The van der Waals surface area contributed by atoms with Gasteiger partial charge in [-0.1, -0.05) is 28.6 Å². The van der Waals surface area contributed by atoms with Crippen LogP contribution >= 0.6 is 11.3 Å². The van der Waals surface area contributed by atoms with Crippen molar-refractivity contribution in [3.8, 4) is 0 Å². The molecule has 1 fully saturated rings. The van der Waals surface area contributed by atoms with Crippen LogP contribution in [0.5, 0.6) is 0 Å². The van der Waals surface area contributed by atoms with E-state index in [4.69, 9.17) is 4.84 Å². The van der Waals surface area contributed by atoms with E-state index in [9.17, 15) is 22.4 Å². The Labute approximate surface area is 182 Å². The largest absolute Gasteiger partial charge is 0.395 e. The lowest BCUT2D eigenvalue weighted by Gasteiger charge is -2.10. The number of nitrogens with zero attached hydrogens (tertiary/aromatic N) is 3. The van der Waals surface area contributed by atoms with E-state index in [-0.39, 0.29) is 39.9 Å². The van der Waals surface area contributed by atoms with E-state index in [1.165, 1.54) is 29.2 Å². The van der Waals surface area contributed by atoms with Gasteiger partial charge in [0.1, 0.15) is 6.61 Å². The number of aromatic nitrogens is 1. The van der Waals surface area contributed by atoms with Crippen molar-refractivity contribution in [3.63, 3.8) is 0 Å². The van der Waals surface area contributed by atoms with Crippen LogP contribution < -0.4 is 5.32 Å². The van der Waals surface area contributed by atoms with Gasteiger partial charge in [-0.15, -0.1) is 0 Å². The first-order valence-corrected chi connectivity index (χ1v) is 11.7. The zero-order valence-corrected chi connectivity index (χ0v) is 18.5. The maximum Gasteiger partial charge on any atom is 0.280 e. The zero-order valence-electron chi connectivity index (χ0n) is 16.9. The van der Waals surface area contributed by atoms with Crippen molar-refractivity contribution < 1.29 is 27.2 Å². The van der Waals surface area contributed by atoms with E-state index < -0.39 is 20.9 Å². The predicted molar refractivity (Wildman–Crippen MR) is 113 cm³/mol. The Morgan fingerprint density at radius 1 is 1.29 bits per heavy atom. The van der Waals surface area contributed by atoms with Crippen molar-refractivity contribution in [1.82, 2.24) is 9.88 Å². The van der Waals surface area contributed by atoms with Crippen molar-refractivity contribution in [2.45, 2.75) is 29.4 Å². The van der Waals surface area contributed by atoms with Gasteiger partial charge in [0.15, 0.2) is 25.8 Å². The fourth-order valence-electron chi connectivity index (χ4n) is 2.53. The number of carbonyl (C=O) groups is 2. The molecule has 31 heavy (non-hydrogen) atoms. The summed E-state index contributed by atoms with van der Waals surface area (Å²) in [5.41, 5.74) is 0.131. The summed E-state index contributed by atoms with van der Waals surface area (Å²) in [6.45, 7) is -0.0617. The molecule has 1 N–H and O–H groups in total. The number of benzene rings is 1. The topological polar surface area (TPSA) is 118 Å². The summed E-state index contributed by atoms with van der Waals surface area (Å²) < 4.78 is 37.9. The standard InChI is InChI=1S/C19H21FN4O5S2/c1-24(2)16(25)9-10-29-23-17(18(26)22-19-21-11-15(20)30-19)12-3-5-13(6-4-12)31(27,28)14-7-8-14/h3-6,11,14H,7-10H2,1-2H3,(H,21,22,26). The number of halogens is 1. The average molecular weight is 469 g/mol. The number of hydrogen-bond acceptors (Lipinski definition) is 8. The number of sulfone groups is 1. The maximum atomic E-state index is 13.2. The van der Waals surface area contributed by atoms with Crippen LogP contribution in [-0.4, -0.2) is 61.8 Å². The molecule has 0 spiro atoms. The molecule has 0 aliphatic heterocycles. The van der Waals surface area contributed by atoms with E-state index >= 15 is 0 Å². The highest BCUT2D eigenvalue weighted by Gasteiger charge is 2.36. The molecule has 1 heterocycles. The molecule has 0 radical (unpaired) electrons. The Hall–Kier alpha value is -2.86. The summed E-state index contributed by atoms with van der Waals surface area (Å²) in [7, 11) is -0.165. The van der Waals surface area contributed by atoms with E-state index in [0.717, 1.165) is 6.20 Å². The first-order valence-electron chi connectivity index (χ1n) is 9.35. The predicted octanol–water partition coefficient (Wildman–Crippen LogP) is 2.06. The molecule has 1 saturated carbocycles. The van der Waals surface area contributed by atoms with Gasteiger partial charge in [0.05, 0.1) is 22.8 Å². The van der Waals surface area contributed by atoms with Crippen molar-refractivity contribution in [2.75, 3.05) is 26.0 Å². The minimum absolute atomic E-state index is 0.0333. The van der Waals surface area contributed by atoms with Crippen molar-refractivity contribution >= 4 is 43.8 Å². The molecule has 0 bridgehead atoms. The molecule has 1 aromatic carbocycles. The Morgan fingerprint density at radius 2 is 1.97 bits per heavy atom. The minimum atomic E-state index is -3.38. The van der Waals surface area contributed by atoms with Gasteiger partial charge in [0.2, 0.25) is 5.91 Å². The van der Waals surface area contributed by atoms with Crippen LogP contribution in [0.3, 0.4) is 0 Å². The second-order valence-corrected chi connectivity index (χ2v) is 10.2. The van der Waals surface area contributed by atoms with Crippen LogP contribution in [0, 0.1) is 5.13 Å². The highest BCUT2D eigenvalue weighted by molar-refractivity contribution is 7.92. The lowest BCUT2D eigenvalue weighted by atomic mass is 10.1. The highest BCUT2D eigenvalue weighted by atomic mass is 32.2. The van der Waals surface area contributed by atoms with E-state index in [2.05, 4.69) is 15.5 Å². The van der Waals surface area contributed by atoms with Crippen LogP contribution in [0.25, 0.3) is 0 Å². The van der Waals surface area contributed by atoms with Crippen LogP contribution in [0.2, 0.25) is 0 Å². The lowest BCUT2D eigenvalue weighted by Crippen LogP contribution is -2.25. The SMILES string of the molecule is CN(C)C(=O)CCON=C(C(=O)Nc1ncc(F)s1)c1ccc(S(=O)(=O)C2CC2)cc1.